The van der Waals surface area contributed by atoms with Crippen LogP contribution in [0.1, 0.15) is 45.7 Å². The van der Waals surface area contributed by atoms with Crippen molar-refractivity contribution >= 4 is 11.6 Å². The lowest BCUT2D eigenvalue weighted by molar-refractivity contribution is 0.196. The van der Waals surface area contributed by atoms with E-state index in [0.29, 0.717) is 5.92 Å². The number of nitrogens with zero attached hydrogens (tertiary/aromatic N) is 2. The summed E-state index contributed by atoms with van der Waals surface area (Å²) >= 11 is 6.66. The lowest BCUT2D eigenvalue weighted by Gasteiger charge is -2.42. The first-order chi connectivity index (χ1) is 8.87. The van der Waals surface area contributed by atoms with E-state index in [1.807, 2.05) is 11.7 Å². The van der Waals surface area contributed by atoms with Gasteiger partial charge in [-0.05, 0) is 24.7 Å². The highest BCUT2D eigenvalue weighted by Gasteiger charge is 2.42. The van der Waals surface area contributed by atoms with Gasteiger partial charge in [0, 0.05) is 17.8 Å². The van der Waals surface area contributed by atoms with E-state index in [1.54, 1.807) is 13.3 Å². The molecule has 0 aromatic carbocycles. The zero-order valence-corrected chi connectivity index (χ0v) is 13.4. The molecule has 1 saturated carbocycles. The van der Waals surface area contributed by atoms with E-state index in [0.717, 1.165) is 23.8 Å². The molecular weight excluding hydrogens is 260 g/mol. The van der Waals surface area contributed by atoms with E-state index in [9.17, 15) is 0 Å². The van der Waals surface area contributed by atoms with Gasteiger partial charge in [0.25, 0.3) is 0 Å². The van der Waals surface area contributed by atoms with Crippen LogP contribution in [0.5, 0.6) is 5.75 Å². The molecule has 0 spiro atoms. The predicted molar refractivity (Wildman–Crippen MR) is 78.9 cm³/mol. The highest BCUT2D eigenvalue weighted by Crippen LogP contribution is 2.46. The quantitative estimate of drug-likeness (QED) is 0.791. The molecule has 108 valence electrons. The number of methoxy groups -OCH3 is 1. The number of aromatic nitrogens is 2. The van der Waals surface area contributed by atoms with Crippen molar-refractivity contribution in [1.29, 1.82) is 0 Å². The Kier molecular flexibility index (Phi) is 4.14. The van der Waals surface area contributed by atoms with Gasteiger partial charge in [-0.2, -0.15) is 5.10 Å². The molecule has 19 heavy (non-hydrogen) atoms. The van der Waals surface area contributed by atoms with Gasteiger partial charge in [0.1, 0.15) is 0 Å². The summed E-state index contributed by atoms with van der Waals surface area (Å²) in [5.74, 6) is 2.08. The molecule has 1 aliphatic carbocycles. The molecule has 2 rings (SSSR count). The molecular formula is C15H25ClN2O. The smallest absolute Gasteiger partial charge is 0.160 e. The van der Waals surface area contributed by atoms with Crippen LogP contribution in [0, 0.1) is 11.8 Å². The molecule has 1 aliphatic rings. The van der Waals surface area contributed by atoms with Crippen LogP contribution in [0.4, 0.5) is 0 Å². The maximum atomic E-state index is 6.66. The number of hydrogen-bond acceptors (Lipinski definition) is 2. The van der Waals surface area contributed by atoms with Gasteiger partial charge in [-0.25, -0.2) is 0 Å². The topological polar surface area (TPSA) is 27.1 Å². The second-order valence-corrected chi connectivity index (χ2v) is 7.01. The molecule has 1 fully saturated rings. The molecule has 3 nitrogen and oxygen atoms in total. The monoisotopic (exact) mass is 284 g/mol. The third-order valence-corrected chi connectivity index (χ3v) is 5.18. The number of ether oxygens (including phenoxy) is 1. The van der Waals surface area contributed by atoms with Crippen molar-refractivity contribution in [1.82, 2.24) is 9.78 Å². The third-order valence-electron chi connectivity index (χ3n) is 4.70. The summed E-state index contributed by atoms with van der Waals surface area (Å²) in [6, 6.07) is 0. The van der Waals surface area contributed by atoms with Gasteiger partial charge < -0.3 is 4.74 Å². The molecule has 4 heteroatoms. The fraction of sp³-hybridized carbons (Fsp3) is 0.800. The standard InChI is InChI=1S/C15H25ClN2O/c1-10-6-7-11(12(16)8-10)15(2,3)14-13(19-5)9-17-18(14)4/h9-12H,6-8H2,1-5H3. The van der Waals surface area contributed by atoms with Crippen molar-refractivity contribution in [2.45, 2.75) is 50.8 Å². The van der Waals surface area contributed by atoms with E-state index in [-0.39, 0.29) is 10.8 Å². The van der Waals surface area contributed by atoms with Gasteiger partial charge in [-0.15, -0.1) is 11.6 Å². The molecule has 0 N–H and O–H groups in total. The molecule has 0 bridgehead atoms. The predicted octanol–water partition coefficient (Wildman–Crippen LogP) is 3.75. The Morgan fingerprint density at radius 2 is 2.11 bits per heavy atom. The van der Waals surface area contributed by atoms with E-state index in [1.165, 1.54) is 12.8 Å². The lowest BCUT2D eigenvalue weighted by Crippen LogP contribution is -2.40. The first-order valence-corrected chi connectivity index (χ1v) is 7.52. The van der Waals surface area contributed by atoms with Crippen molar-refractivity contribution in [2.75, 3.05) is 7.11 Å². The number of aryl methyl sites for hydroxylation is 1. The van der Waals surface area contributed by atoms with Gasteiger partial charge in [-0.1, -0.05) is 27.2 Å². The molecule has 1 heterocycles. The molecule has 3 atom stereocenters. The fourth-order valence-corrected chi connectivity index (χ4v) is 4.35. The van der Waals surface area contributed by atoms with Crippen molar-refractivity contribution < 1.29 is 4.74 Å². The summed E-state index contributed by atoms with van der Waals surface area (Å²) in [6.07, 6.45) is 5.34. The number of hydrogen-bond donors (Lipinski definition) is 0. The Hall–Kier alpha value is -0.700. The van der Waals surface area contributed by atoms with Crippen molar-refractivity contribution in [3.63, 3.8) is 0 Å². The second-order valence-electron chi connectivity index (χ2n) is 6.45. The summed E-state index contributed by atoms with van der Waals surface area (Å²) in [4.78, 5) is 0. The maximum absolute atomic E-state index is 6.66. The van der Waals surface area contributed by atoms with Crippen LogP contribution in [0.2, 0.25) is 0 Å². The molecule has 0 amide bonds. The van der Waals surface area contributed by atoms with Crippen LogP contribution < -0.4 is 4.74 Å². The highest BCUT2D eigenvalue weighted by molar-refractivity contribution is 6.20. The summed E-state index contributed by atoms with van der Waals surface area (Å²) < 4.78 is 7.40. The highest BCUT2D eigenvalue weighted by atomic mass is 35.5. The average Bonchev–Trinajstić information content (AvgIpc) is 2.70. The van der Waals surface area contributed by atoms with E-state index in [4.69, 9.17) is 16.3 Å². The Bertz CT molecular complexity index is 441. The SMILES string of the molecule is COc1cnn(C)c1C(C)(C)C1CCC(C)CC1Cl. The second kappa shape index (κ2) is 5.35. The third kappa shape index (κ3) is 2.62. The molecule has 1 aromatic rings. The van der Waals surface area contributed by atoms with Crippen LogP contribution in [0.15, 0.2) is 6.20 Å². The minimum atomic E-state index is -0.0247. The molecule has 0 saturated heterocycles. The number of rotatable bonds is 3. The van der Waals surface area contributed by atoms with Crippen molar-refractivity contribution in [2.24, 2.45) is 18.9 Å². The van der Waals surface area contributed by atoms with Gasteiger partial charge in [-0.3, -0.25) is 4.68 Å². The minimum Gasteiger partial charge on any atom is -0.493 e. The fourth-order valence-electron chi connectivity index (χ4n) is 3.60. The number of halogens is 1. The molecule has 3 unspecified atom stereocenters. The molecule has 1 aromatic heterocycles. The van der Waals surface area contributed by atoms with Crippen LogP contribution in [0.3, 0.4) is 0 Å². The Morgan fingerprint density at radius 3 is 2.68 bits per heavy atom. The van der Waals surface area contributed by atoms with Gasteiger partial charge >= 0.3 is 0 Å². The van der Waals surface area contributed by atoms with Gasteiger partial charge in [0.15, 0.2) is 5.75 Å². The normalized spacial score (nSPS) is 28.4. The van der Waals surface area contributed by atoms with Crippen LogP contribution in [-0.2, 0) is 12.5 Å². The van der Waals surface area contributed by atoms with Crippen LogP contribution in [-0.4, -0.2) is 22.3 Å². The number of alkyl halides is 1. The average molecular weight is 285 g/mol. The van der Waals surface area contributed by atoms with Crippen molar-refractivity contribution in [3.05, 3.63) is 11.9 Å². The summed E-state index contributed by atoms with van der Waals surface area (Å²) in [6.45, 7) is 6.83. The summed E-state index contributed by atoms with van der Waals surface area (Å²) in [5, 5.41) is 4.57. The first-order valence-electron chi connectivity index (χ1n) is 7.08. The van der Waals surface area contributed by atoms with Crippen LogP contribution >= 0.6 is 11.6 Å². The Labute approximate surface area is 121 Å². The zero-order valence-electron chi connectivity index (χ0n) is 12.6. The Balaban J connectivity index is 2.33. The van der Waals surface area contributed by atoms with Gasteiger partial charge in [0.05, 0.1) is 19.0 Å². The summed E-state index contributed by atoms with van der Waals surface area (Å²) in [7, 11) is 3.69. The first kappa shape index (κ1) is 14.7. The minimum absolute atomic E-state index is 0.0247. The van der Waals surface area contributed by atoms with E-state index in [2.05, 4.69) is 25.9 Å². The summed E-state index contributed by atoms with van der Waals surface area (Å²) in [5.41, 5.74) is 1.13. The van der Waals surface area contributed by atoms with Gasteiger partial charge in [0.2, 0.25) is 0 Å². The van der Waals surface area contributed by atoms with E-state index < -0.39 is 0 Å². The Morgan fingerprint density at radius 1 is 1.42 bits per heavy atom. The largest absolute Gasteiger partial charge is 0.493 e. The zero-order chi connectivity index (χ0) is 14.2. The van der Waals surface area contributed by atoms with Crippen molar-refractivity contribution in [3.8, 4) is 5.75 Å². The molecule has 0 aliphatic heterocycles. The van der Waals surface area contributed by atoms with Crippen LogP contribution in [0.25, 0.3) is 0 Å². The van der Waals surface area contributed by atoms with E-state index >= 15 is 0 Å². The molecule has 0 radical (unpaired) electrons. The maximum Gasteiger partial charge on any atom is 0.160 e. The lowest BCUT2D eigenvalue weighted by atomic mass is 9.67.